The Labute approximate surface area is 192 Å². The summed E-state index contributed by atoms with van der Waals surface area (Å²) in [5.41, 5.74) is 3.52. The number of benzene rings is 1. The number of fused-ring (bicyclic) bond motifs is 1. The van der Waals surface area contributed by atoms with Gasteiger partial charge >= 0.3 is 0 Å². The number of likely N-dealkylation sites (tertiary alicyclic amines) is 1. The summed E-state index contributed by atoms with van der Waals surface area (Å²) < 4.78 is 19.8. The minimum atomic E-state index is -0.516. The molecule has 1 atom stereocenters. The highest BCUT2D eigenvalue weighted by Gasteiger charge is 2.29. The van der Waals surface area contributed by atoms with Crippen LogP contribution in [-0.4, -0.2) is 70.6 Å². The molecule has 2 fully saturated rings. The topological polar surface area (TPSA) is 82.6 Å². The highest BCUT2D eigenvalue weighted by atomic mass is 19.1. The van der Waals surface area contributed by atoms with Crippen LogP contribution in [0, 0.1) is 5.82 Å². The summed E-state index contributed by atoms with van der Waals surface area (Å²) in [6.45, 7) is 8.35. The monoisotopic (exact) mass is 452 g/mol. The number of rotatable bonds is 6. The van der Waals surface area contributed by atoms with Crippen molar-refractivity contribution in [3.8, 4) is 0 Å². The van der Waals surface area contributed by atoms with Crippen LogP contribution >= 0.6 is 0 Å². The lowest BCUT2D eigenvalue weighted by Crippen LogP contribution is -2.50. The van der Waals surface area contributed by atoms with Gasteiger partial charge < -0.3 is 20.3 Å². The van der Waals surface area contributed by atoms with Crippen LogP contribution in [0.5, 0.6) is 0 Å². The Morgan fingerprint density at radius 2 is 2.15 bits per heavy atom. The lowest BCUT2D eigenvalue weighted by molar-refractivity contribution is -0.127. The molecule has 1 aromatic carbocycles. The number of halogens is 1. The average Bonchev–Trinajstić information content (AvgIpc) is 2.80. The molecular weight excluding hydrogens is 423 g/mol. The van der Waals surface area contributed by atoms with E-state index in [0.29, 0.717) is 25.1 Å². The molecule has 0 saturated carbocycles. The fourth-order valence-corrected chi connectivity index (χ4v) is 4.67. The van der Waals surface area contributed by atoms with Gasteiger partial charge in [0.25, 0.3) is 0 Å². The minimum Gasteiger partial charge on any atom is -0.378 e. The largest absolute Gasteiger partial charge is 0.378 e. The Balaban J connectivity index is 1.25. The molecule has 0 unspecified atom stereocenters. The molecule has 0 radical (unpaired) electrons. The summed E-state index contributed by atoms with van der Waals surface area (Å²) in [7, 11) is 0. The Morgan fingerprint density at radius 1 is 1.27 bits per heavy atom. The number of carbonyl (C=O) groups excluding carboxylic acids is 1. The Kier molecular flexibility index (Phi) is 6.24. The number of carbonyl (C=O) groups is 1. The van der Waals surface area contributed by atoms with E-state index in [0.717, 1.165) is 51.3 Å². The van der Waals surface area contributed by atoms with Gasteiger partial charge in [0, 0.05) is 37.9 Å². The van der Waals surface area contributed by atoms with Crippen LogP contribution in [0.2, 0.25) is 0 Å². The third-order valence-corrected chi connectivity index (χ3v) is 6.63. The first kappa shape index (κ1) is 21.8. The van der Waals surface area contributed by atoms with Gasteiger partial charge in [-0.2, -0.15) is 4.98 Å². The first-order valence-electron chi connectivity index (χ1n) is 11.5. The number of aromatic nitrogens is 2. The third-order valence-electron chi connectivity index (χ3n) is 6.63. The van der Waals surface area contributed by atoms with Gasteiger partial charge in [0.1, 0.15) is 0 Å². The van der Waals surface area contributed by atoms with Gasteiger partial charge in [-0.15, -0.1) is 0 Å². The molecule has 4 heterocycles. The van der Waals surface area contributed by atoms with Crippen molar-refractivity contribution in [1.82, 2.24) is 19.8 Å². The van der Waals surface area contributed by atoms with Crippen LogP contribution < -0.4 is 10.6 Å². The molecule has 3 aliphatic rings. The smallest absolute Gasteiger partial charge is 0.246 e. The summed E-state index contributed by atoms with van der Waals surface area (Å²) >= 11 is 0. The first-order chi connectivity index (χ1) is 16.1. The molecule has 8 nitrogen and oxygen atoms in total. The van der Waals surface area contributed by atoms with Crippen LogP contribution in [0.3, 0.4) is 0 Å². The summed E-state index contributed by atoms with van der Waals surface area (Å²) in [4.78, 5) is 24.6. The fourth-order valence-electron chi connectivity index (χ4n) is 4.67. The number of amides is 1. The van der Waals surface area contributed by atoms with Crippen molar-refractivity contribution in [3.05, 3.63) is 54.0 Å². The minimum absolute atomic E-state index is 0.0762. The molecule has 0 aliphatic carbocycles. The van der Waals surface area contributed by atoms with Gasteiger partial charge in [-0.05, 0) is 48.6 Å². The molecule has 33 heavy (non-hydrogen) atoms. The third kappa shape index (κ3) is 4.84. The highest BCUT2D eigenvalue weighted by molar-refractivity contribution is 5.87. The summed E-state index contributed by atoms with van der Waals surface area (Å²) in [5.74, 6) is -0.152. The van der Waals surface area contributed by atoms with Crippen molar-refractivity contribution in [2.75, 3.05) is 43.5 Å². The molecule has 3 aliphatic heterocycles. The van der Waals surface area contributed by atoms with Gasteiger partial charge in [-0.25, -0.2) is 9.37 Å². The van der Waals surface area contributed by atoms with Gasteiger partial charge in [0.15, 0.2) is 11.6 Å². The molecule has 1 aromatic heterocycles. The van der Waals surface area contributed by atoms with Gasteiger partial charge in [0.05, 0.1) is 25.5 Å². The van der Waals surface area contributed by atoms with Crippen molar-refractivity contribution in [2.24, 2.45) is 0 Å². The second kappa shape index (κ2) is 9.44. The van der Waals surface area contributed by atoms with Gasteiger partial charge in [-0.1, -0.05) is 12.6 Å². The maximum absolute atomic E-state index is 14.4. The maximum atomic E-state index is 14.4. The Bertz CT molecular complexity index is 1040. The highest BCUT2D eigenvalue weighted by Crippen LogP contribution is 2.27. The summed E-state index contributed by atoms with van der Waals surface area (Å²) in [5, 5.41) is 6.36. The first-order valence-corrected chi connectivity index (χ1v) is 11.5. The molecule has 174 valence electrons. The van der Waals surface area contributed by atoms with E-state index in [-0.39, 0.29) is 17.8 Å². The van der Waals surface area contributed by atoms with E-state index in [1.165, 1.54) is 23.4 Å². The van der Waals surface area contributed by atoms with Crippen LogP contribution in [-0.2, 0) is 22.5 Å². The number of anilines is 3. The van der Waals surface area contributed by atoms with E-state index in [2.05, 4.69) is 44.2 Å². The fraction of sp³-hybridized carbons (Fsp3) is 0.458. The molecule has 2 N–H and O–H groups in total. The maximum Gasteiger partial charge on any atom is 0.246 e. The van der Waals surface area contributed by atoms with Crippen molar-refractivity contribution >= 4 is 23.4 Å². The standard InChI is InChI=1S/C24H29FN6O2/c1-2-22(32)31-8-3-4-19(13-31)27-23-21(25)11-26-24(29-23)28-18-6-5-17-12-30(20-14-33-15-20)9-7-16(17)10-18/h2,5-6,10-11,19-20H,1,3-4,7-9,12-15H2,(H2,26,27,28,29)/t19-/m1/s1. The lowest BCUT2D eigenvalue weighted by atomic mass is 9.97. The van der Waals surface area contributed by atoms with E-state index in [4.69, 9.17) is 4.74 Å². The number of nitrogens with zero attached hydrogens (tertiary/aromatic N) is 4. The quantitative estimate of drug-likeness (QED) is 0.652. The molecule has 0 bridgehead atoms. The number of nitrogens with one attached hydrogen (secondary N) is 2. The predicted molar refractivity (Wildman–Crippen MR) is 124 cm³/mol. The zero-order valence-electron chi connectivity index (χ0n) is 18.6. The van der Waals surface area contributed by atoms with Crippen molar-refractivity contribution in [3.63, 3.8) is 0 Å². The second-order valence-electron chi connectivity index (χ2n) is 8.88. The summed E-state index contributed by atoms with van der Waals surface area (Å²) in [6.07, 6.45) is 5.15. The van der Waals surface area contributed by atoms with Crippen LogP contribution in [0.25, 0.3) is 0 Å². The lowest BCUT2D eigenvalue weighted by Gasteiger charge is -2.40. The number of hydrogen-bond donors (Lipinski definition) is 2. The summed E-state index contributed by atoms with van der Waals surface area (Å²) in [6, 6.07) is 6.75. The van der Waals surface area contributed by atoms with Crippen molar-refractivity contribution < 1.29 is 13.9 Å². The molecule has 0 spiro atoms. The average molecular weight is 453 g/mol. The molecular formula is C24H29FN6O2. The van der Waals surface area contributed by atoms with Crippen LogP contribution in [0.4, 0.5) is 21.8 Å². The number of hydrogen-bond acceptors (Lipinski definition) is 7. The van der Waals surface area contributed by atoms with Gasteiger partial charge in [-0.3, -0.25) is 9.69 Å². The van der Waals surface area contributed by atoms with Crippen LogP contribution in [0.15, 0.2) is 37.1 Å². The molecule has 5 rings (SSSR count). The van der Waals surface area contributed by atoms with E-state index in [9.17, 15) is 9.18 Å². The normalized spacial score (nSPS) is 21.1. The number of ether oxygens (including phenoxy) is 1. The van der Waals surface area contributed by atoms with Crippen LogP contribution in [0.1, 0.15) is 24.0 Å². The zero-order valence-corrected chi connectivity index (χ0v) is 18.6. The van der Waals surface area contributed by atoms with E-state index >= 15 is 0 Å². The second-order valence-corrected chi connectivity index (χ2v) is 8.88. The molecule has 9 heteroatoms. The Morgan fingerprint density at radius 3 is 2.94 bits per heavy atom. The van der Waals surface area contributed by atoms with Crippen molar-refractivity contribution in [1.29, 1.82) is 0 Å². The van der Waals surface area contributed by atoms with E-state index in [1.54, 1.807) is 4.90 Å². The predicted octanol–water partition coefficient (Wildman–Crippen LogP) is 2.71. The van der Waals surface area contributed by atoms with Gasteiger partial charge in [0.2, 0.25) is 11.9 Å². The Hall–Kier alpha value is -3.04. The SMILES string of the molecule is C=CC(=O)N1CCC[C@@H](Nc2nc(Nc3ccc4c(c3)CCN(C3COC3)C4)ncc2F)C1. The van der Waals surface area contributed by atoms with Crippen molar-refractivity contribution in [2.45, 2.75) is 37.9 Å². The number of piperidine rings is 1. The molecule has 2 aromatic rings. The molecule has 2 saturated heterocycles. The molecule has 1 amide bonds. The van der Waals surface area contributed by atoms with E-state index < -0.39 is 5.82 Å². The van der Waals surface area contributed by atoms with E-state index in [1.807, 2.05) is 6.07 Å². The zero-order chi connectivity index (χ0) is 22.8.